The molecule has 0 aromatic carbocycles. The Morgan fingerprint density at radius 1 is 1.60 bits per heavy atom. The predicted molar refractivity (Wildman–Crippen MR) is 67.4 cm³/mol. The molecule has 0 amide bonds. The fourth-order valence-electron chi connectivity index (χ4n) is 2.48. The van der Waals surface area contributed by atoms with E-state index >= 15 is 0 Å². The maximum Gasteiger partial charge on any atom is 0.0364 e. The van der Waals surface area contributed by atoms with Crippen LogP contribution in [0.5, 0.6) is 0 Å². The van der Waals surface area contributed by atoms with E-state index in [0.717, 1.165) is 12.5 Å². The maximum atomic E-state index is 3.65. The molecule has 0 spiro atoms. The Hall–Kier alpha value is -0.340. The van der Waals surface area contributed by atoms with E-state index < -0.39 is 0 Å². The highest BCUT2D eigenvalue weighted by molar-refractivity contribution is 7.10. The highest BCUT2D eigenvalue weighted by Gasteiger charge is 2.50. The largest absolute Gasteiger partial charge is 0.310 e. The van der Waals surface area contributed by atoms with Gasteiger partial charge in [0.25, 0.3) is 0 Å². The molecule has 1 saturated carbocycles. The minimum Gasteiger partial charge on any atom is -0.310 e. The summed E-state index contributed by atoms with van der Waals surface area (Å²) in [5, 5.41) is 5.86. The first-order chi connectivity index (χ1) is 7.06. The molecule has 2 rings (SSSR count). The highest BCUT2D eigenvalue weighted by Crippen LogP contribution is 2.58. The monoisotopic (exact) mass is 223 g/mol. The van der Waals surface area contributed by atoms with Crippen molar-refractivity contribution in [2.75, 3.05) is 6.54 Å². The molecule has 84 valence electrons. The first kappa shape index (κ1) is 11.2. The summed E-state index contributed by atoms with van der Waals surface area (Å²) in [7, 11) is 0. The Bertz CT molecular complexity index is 340. The van der Waals surface area contributed by atoms with E-state index in [1.807, 2.05) is 11.3 Å². The fourth-order valence-corrected chi connectivity index (χ4v) is 3.23. The number of aryl methyl sites for hydroxylation is 1. The quantitative estimate of drug-likeness (QED) is 0.819. The Balaban J connectivity index is 2.18. The average molecular weight is 223 g/mol. The zero-order valence-corrected chi connectivity index (χ0v) is 10.9. The summed E-state index contributed by atoms with van der Waals surface area (Å²) in [6.45, 7) is 10.3. The van der Waals surface area contributed by atoms with Gasteiger partial charge in [-0.05, 0) is 48.2 Å². The molecule has 0 saturated heterocycles. The molecule has 1 aromatic rings. The molecule has 2 unspecified atom stereocenters. The van der Waals surface area contributed by atoms with Gasteiger partial charge in [0.2, 0.25) is 0 Å². The van der Waals surface area contributed by atoms with Gasteiger partial charge in [-0.1, -0.05) is 20.8 Å². The minimum absolute atomic E-state index is 0.543. The van der Waals surface area contributed by atoms with Crippen molar-refractivity contribution in [3.63, 3.8) is 0 Å². The minimum atomic E-state index is 0.543. The molecule has 15 heavy (non-hydrogen) atoms. The van der Waals surface area contributed by atoms with Crippen LogP contribution in [0, 0.1) is 18.3 Å². The van der Waals surface area contributed by atoms with Gasteiger partial charge in [0.05, 0.1) is 0 Å². The molecule has 1 heterocycles. The molecule has 0 radical (unpaired) electrons. The Morgan fingerprint density at radius 3 is 2.67 bits per heavy atom. The lowest BCUT2D eigenvalue weighted by molar-refractivity contribution is 0.423. The second-order valence-electron chi connectivity index (χ2n) is 5.27. The van der Waals surface area contributed by atoms with Crippen LogP contribution in [0.3, 0.4) is 0 Å². The van der Waals surface area contributed by atoms with E-state index in [1.165, 1.54) is 16.9 Å². The summed E-state index contributed by atoms with van der Waals surface area (Å²) in [6, 6.07) is 2.87. The molecule has 2 atom stereocenters. The summed E-state index contributed by atoms with van der Waals surface area (Å²) < 4.78 is 0. The van der Waals surface area contributed by atoms with Crippen LogP contribution in [0.25, 0.3) is 0 Å². The van der Waals surface area contributed by atoms with Gasteiger partial charge in [-0.25, -0.2) is 0 Å². The standard InChI is InChI=1S/C13H21NS/c1-5-14-12(11-8-13(11,3)4)10-6-7-15-9(10)2/h6-7,11-12,14H,5,8H2,1-4H3. The van der Waals surface area contributed by atoms with Gasteiger partial charge >= 0.3 is 0 Å². The van der Waals surface area contributed by atoms with E-state index in [-0.39, 0.29) is 0 Å². The van der Waals surface area contributed by atoms with Crippen LogP contribution < -0.4 is 5.32 Å². The molecule has 1 N–H and O–H groups in total. The van der Waals surface area contributed by atoms with E-state index in [9.17, 15) is 0 Å². The summed E-state index contributed by atoms with van der Waals surface area (Å²) in [4.78, 5) is 1.48. The molecule has 1 fully saturated rings. The van der Waals surface area contributed by atoms with Crippen molar-refractivity contribution in [1.82, 2.24) is 5.32 Å². The number of rotatable bonds is 4. The van der Waals surface area contributed by atoms with Crippen LogP contribution in [0.4, 0.5) is 0 Å². The average Bonchev–Trinajstić information content (AvgIpc) is 2.57. The number of nitrogens with one attached hydrogen (secondary N) is 1. The zero-order valence-electron chi connectivity index (χ0n) is 10.1. The first-order valence-corrected chi connectivity index (χ1v) is 6.71. The van der Waals surface area contributed by atoms with Crippen molar-refractivity contribution in [3.05, 3.63) is 21.9 Å². The topological polar surface area (TPSA) is 12.0 Å². The van der Waals surface area contributed by atoms with E-state index in [0.29, 0.717) is 11.5 Å². The normalized spacial score (nSPS) is 25.2. The Morgan fingerprint density at radius 2 is 2.27 bits per heavy atom. The van der Waals surface area contributed by atoms with E-state index in [1.54, 1.807) is 0 Å². The summed E-state index contributed by atoms with van der Waals surface area (Å²) >= 11 is 1.86. The lowest BCUT2D eigenvalue weighted by Crippen LogP contribution is -2.24. The Labute approximate surface area is 96.9 Å². The summed E-state index contributed by atoms with van der Waals surface area (Å²) in [6.07, 6.45) is 1.36. The molecule has 0 bridgehead atoms. The second-order valence-corrected chi connectivity index (χ2v) is 6.39. The molecule has 1 aliphatic carbocycles. The number of thiophene rings is 1. The lowest BCUT2D eigenvalue weighted by atomic mass is 9.97. The van der Waals surface area contributed by atoms with Crippen molar-refractivity contribution in [3.8, 4) is 0 Å². The van der Waals surface area contributed by atoms with Gasteiger partial charge in [0.1, 0.15) is 0 Å². The SMILES string of the molecule is CCNC(c1ccsc1C)C1CC1(C)C. The third-order valence-corrected chi connectivity index (χ3v) is 4.51. The van der Waals surface area contributed by atoms with Crippen molar-refractivity contribution >= 4 is 11.3 Å². The van der Waals surface area contributed by atoms with E-state index in [2.05, 4.69) is 44.5 Å². The van der Waals surface area contributed by atoms with Gasteiger partial charge in [-0.2, -0.15) is 0 Å². The summed E-state index contributed by atoms with van der Waals surface area (Å²) in [5.74, 6) is 0.825. The van der Waals surface area contributed by atoms with Crippen LogP contribution in [0.1, 0.15) is 43.7 Å². The molecule has 1 aromatic heterocycles. The van der Waals surface area contributed by atoms with Crippen LogP contribution in [-0.4, -0.2) is 6.54 Å². The third kappa shape index (κ3) is 2.11. The molecular formula is C13H21NS. The van der Waals surface area contributed by atoms with Crippen LogP contribution in [0.2, 0.25) is 0 Å². The van der Waals surface area contributed by atoms with Crippen molar-refractivity contribution < 1.29 is 0 Å². The van der Waals surface area contributed by atoms with Crippen molar-refractivity contribution in [1.29, 1.82) is 0 Å². The molecular weight excluding hydrogens is 202 g/mol. The zero-order chi connectivity index (χ0) is 11.1. The first-order valence-electron chi connectivity index (χ1n) is 5.83. The van der Waals surface area contributed by atoms with Crippen molar-refractivity contribution in [2.45, 2.75) is 40.2 Å². The van der Waals surface area contributed by atoms with Crippen LogP contribution in [-0.2, 0) is 0 Å². The molecule has 1 aliphatic rings. The fraction of sp³-hybridized carbons (Fsp3) is 0.692. The predicted octanol–water partition coefficient (Wildman–Crippen LogP) is 3.75. The third-order valence-electron chi connectivity index (χ3n) is 3.65. The van der Waals surface area contributed by atoms with Crippen LogP contribution in [0.15, 0.2) is 11.4 Å². The van der Waals surface area contributed by atoms with Gasteiger partial charge in [-0.15, -0.1) is 11.3 Å². The highest BCUT2D eigenvalue weighted by atomic mass is 32.1. The maximum absolute atomic E-state index is 3.65. The smallest absolute Gasteiger partial charge is 0.0364 e. The Kier molecular flexibility index (Phi) is 2.91. The van der Waals surface area contributed by atoms with Crippen LogP contribution >= 0.6 is 11.3 Å². The molecule has 1 nitrogen and oxygen atoms in total. The number of hydrogen-bond acceptors (Lipinski definition) is 2. The number of hydrogen-bond donors (Lipinski definition) is 1. The molecule has 2 heteroatoms. The second kappa shape index (κ2) is 3.91. The lowest BCUT2D eigenvalue weighted by Gasteiger charge is -2.19. The van der Waals surface area contributed by atoms with E-state index in [4.69, 9.17) is 0 Å². The van der Waals surface area contributed by atoms with Gasteiger partial charge in [-0.3, -0.25) is 0 Å². The van der Waals surface area contributed by atoms with Crippen molar-refractivity contribution in [2.24, 2.45) is 11.3 Å². The summed E-state index contributed by atoms with van der Waals surface area (Å²) in [5.41, 5.74) is 2.07. The van der Waals surface area contributed by atoms with Gasteiger partial charge in [0.15, 0.2) is 0 Å². The van der Waals surface area contributed by atoms with Gasteiger partial charge < -0.3 is 5.32 Å². The van der Waals surface area contributed by atoms with Gasteiger partial charge in [0, 0.05) is 10.9 Å². The molecule has 0 aliphatic heterocycles.